The normalized spacial score (nSPS) is 14.8. The predicted molar refractivity (Wildman–Crippen MR) is 120 cm³/mol. The molecule has 2 aromatic carbocycles. The maximum atomic E-state index is 5.75. The lowest BCUT2D eigenvalue weighted by Gasteiger charge is -2.25. The van der Waals surface area contributed by atoms with Crippen molar-refractivity contribution in [1.29, 1.82) is 0 Å². The minimum absolute atomic E-state index is 0.431. The molecule has 3 aromatic rings. The van der Waals surface area contributed by atoms with E-state index < -0.39 is 0 Å². The van der Waals surface area contributed by atoms with Crippen LogP contribution in [0.25, 0.3) is 11.3 Å². The lowest BCUT2D eigenvalue weighted by Crippen LogP contribution is -2.19. The molecule has 0 saturated heterocycles. The van der Waals surface area contributed by atoms with Crippen LogP contribution in [0, 0.1) is 0 Å². The van der Waals surface area contributed by atoms with Gasteiger partial charge in [0.2, 0.25) is 5.95 Å². The molecule has 0 radical (unpaired) electrons. The van der Waals surface area contributed by atoms with Crippen molar-refractivity contribution < 1.29 is 9.47 Å². The van der Waals surface area contributed by atoms with E-state index in [9.17, 15) is 0 Å². The molecule has 0 spiro atoms. The van der Waals surface area contributed by atoms with Crippen LogP contribution < -0.4 is 14.8 Å². The van der Waals surface area contributed by atoms with Gasteiger partial charge in [0.05, 0.1) is 12.8 Å². The Bertz CT molecular complexity index is 1020. The molecule has 156 valence electrons. The van der Waals surface area contributed by atoms with E-state index in [1.807, 2.05) is 50.6 Å². The highest BCUT2D eigenvalue weighted by Gasteiger charge is 2.24. The van der Waals surface area contributed by atoms with Gasteiger partial charge in [0, 0.05) is 24.0 Å². The lowest BCUT2D eigenvalue weighted by molar-refractivity contribution is 0.261. The Balaban J connectivity index is 1.53. The van der Waals surface area contributed by atoms with E-state index in [1.165, 1.54) is 11.1 Å². The first-order valence-electron chi connectivity index (χ1n) is 10.2. The van der Waals surface area contributed by atoms with Gasteiger partial charge in [-0.05, 0) is 74.0 Å². The quantitative estimate of drug-likeness (QED) is 0.626. The number of anilines is 2. The molecule has 6 nitrogen and oxygen atoms in total. The van der Waals surface area contributed by atoms with Gasteiger partial charge in [0.1, 0.15) is 18.1 Å². The van der Waals surface area contributed by atoms with Crippen molar-refractivity contribution >= 4 is 11.6 Å². The topological polar surface area (TPSA) is 59.5 Å². The Hall–Kier alpha value is -3.12. The van der Waals surface area contributed by atoms with E-state index in [4.69, 9.17) is 14.5 Å². The number of nitrogens with zero attached hydrogens (tertiary/aromatic N) is 3. The largest absolute Gasteiger partial charge is 0.497 e. The summed E-state index contributed by atoms with van der Waals surface area (Å²) in [5.41, 5.74) is 5.48. The third-order valence-electron chi connectivity index (χ3n) is 5.35. The SMILES string of the molecule is COc1ccc2c(c1)-c1nc(Nc3ccc(OCCN(C)C)cc3)ncc1CC2C. The Kier molecular flexibility index (Phi) is 5.86. The van der Waals surface area contributed by atoms with Gasteiger partial charge in [-0.15, -0.1) is 0 Å². The zero-order valence-corrected chi connectivity index (χ0v) is 18.0. The summed E-state index contributed by atoms with van der Waals surface area (Å²) in [4.78, 5) is 11.5. The third kappa shape index (κ3) is 4.39. The second-order valence-corrected chi connectivity index (χ2v) is 7.93. The fourth-order valence-corrected chi connectivity index (χ4v) is 3.70. The number of hydrogen-bond donors (Lipinski definition) is 1. The number of aromatic nitrogens is 2. The summed E-state index contributed by atoms with van der Waals surface area (Å²) in [6.45, 7) is 3.78. The summed E-state index contributed by atoms with van der Waals surface area (Å²) >= 11 is 0. The molecule has 1 aliphatic rings. The van der Waals surface area contributed by atoms with Crippen molar-refractivity contribution in [3.8, 4) is 22.8 Å². The number of ether oxygens (including phenoxy) is 2. The van der Waals surface area contributed by atoms with Gasteiger partial charge >= 0.3 is 0 Å². The summed E-state index contributed by atoms with van der Waals surface area (Å²) in [6.07, 6.45) is 2.87. The van der Waals surface area contributed by atoms with Crippen molar-refractivity contribution in [2.45, 2.75) is 19.3 Å². The van der Waals surface area contributed by atoms with Crippen LogP contribution in [0.2, 0.25) is 0 Å². The van der Waals surface area contributed by atoms with Crippen LogP contribution in [-0.2, 0) is 6.42 Å². The first-order valence-corrected chi connectivity index (χ1v) is 10.2. The molecular weight excluding hydrogens is 376 g/mol. The predicted octanol–water partition coefficient (Wildman–Crippen LogP) is 4.50. The molecule has 1 atom stereocenters. The van der Waals surface area contributed by atoms with Crippen LogP contribution in [-0.4, -0.2) is 49.2 Å². The highest BCUT2D eigenvalue weighted by Crippen LogP contribution is 2.40. The van der Waals surface area contributed by atoms with E-state index in [0.717, 1.165) is 41.4 Å². The van der Waals surface area contributed by atoms with E-state index in [2.05, 4.69) is 34.3 Å². The van der Waals surface area contributed by atoms with Gasteiger partial charge < -0.3 is 19.7 Å². The van der Waals surface area contributed by atoms with Gasteiger partial charge in [-0.3, -0.25) is 0 Å². The molecule has 30 heavy (non-hydrogen) atoms. The molecule has 0 amide bonds. The standard InChI is InChI=1S/C24H28N4O2/c1-16-13-17-15-25-24(27-23(17)22-14-20(29-4)9-10-21(16)22)26-18-5-7-19(8-6-18)30-12-11-28(2)3/h5-10,14-16H,11-13H2,1-4H3,(H,25,26,27). The smallest absolute Gasteiger partial charge is 0.227 e. The molecule has 1 heterocycles. The molecule has 0 bridgehead atoms. The van der Waals surface area contributed by atoms with E-state index in [-0.39, 0.29) is 0 Å². The fraction of sp³-hybridized carbons (Fsp3) is 0.333. The van der Waals surface area contributed by atoms with Crippen LogP contribution >= 0.6 is 0 Å². The zero-order valence-electron chi connectivity index (χ0n) is 18.0. The van der Waals surface area contributed by atoms with Gasteiger partial charge in [-0.2, -0.15) is 0 Å². The highest BCUT2D eigenvalue weighted by atomic mass is 16.5. The molecule has 1 N–H and O–H groups in total. The third-order valence-corrected chi connectivity index (χ3v) is 5.35. The number of likely N-dealkylation sites (N-methyl/N-ethyl adjacent to an activating group) is 1. The highest BCUT2D eigenvalue weighted by molar-refractivity contribution is 5.73. The molecule has 1 aromatic heterocycles. The van der Waals surface area contributed by atoms with Crippen molar-refractivity contribution in [2.24, 2.45) is 0 Å². The summed E-state index contributed by atoms with van der Waals surface area (Å²) in [6, 6.07) is 14.1. The molecule has 6 heteroatoms. The molecular formula is C24H28N4O2. The average molecular weight is 405 g/mol. The first kappa shape index (κ1) is 20.2. The maximum Gasteiger partial charge on any atom is 0.227 e. The molecule has 1 aliphatic carbocycles. The molecule has 1 unspecified atom stereocenters. The van der Waals surface area contributed by atoms with Crippen LogP contribution in [0.5, 0.6) is 11.5 Å². The Morgan fingerprint density at radius 2 is 1.87 bits per heavy atom. The van der Waals surface area contributed by atoms with Crippen LogP contribution in [0.1, 0.15) is 24.0 Å². The molecule has 0 saturated carbocycles. The van der Waals surface area contributed by atoms with Crippen molar-refractivity contribution in [1.82, 2.24) is 14.9 Å². The molecule has 0 fully saturated rings. The van der Waals surface area contributed by atoms with Gasteiger partial charge in [0.15, 0.2) is 0 Å². The van der Waals surface area contributed by atoms with Gasteiger partial charge in [-0.1, -0.05) is 13.0 Å². The van der Waals surface area contributed by atoms with Crippen molar-refractivity contribution in [2.75, 3.05) is 39.7 Å². The summed E-state index contributed by atoms with van der Waals surface area (Å²) in [7, 11) is 5.75. The van der Waals surface area contributed by atoms with Crippen LogP contribution in [0.15, 0.2) is 48.7 Å². The van der Waals surface area contributed by atoms with Crippen LogP contribution in [0.3, 0.4) is 0 Å². The zero-order chi connectivity index (χ0) is 21.1. The second kappa shape index (κ2) is 8.71. The maximum absolute atomic E-state index is 5.75. The minimum Gasteiger partial charge on any atom is -0.497 e. The summed E-state index contributed by atoms with van der Waals surface area (Å²) in [5, 5.41) is 3.31. The number of methoxy groups -OCH3 is 1. The van der Waals surface area contributed by atoms with E-state index in [0.29, 0.717) is 18.5 Å². The Morgan fingerprint density at radius 3 is 2.60 bits per heavy atom. The first-order chi connectivity index (χ1) is 14.5. The monoisotopic (exact) mass is 404 g/mol. The lowest BCUT2D eigenvalue weighted by atomic mass is 9.82. The molecule has 0 aliphatic heterocycles. The number of hydrogen-bond acceptors (Lipinski definition) is 6. The number of benzene rings is 2. The number of rotatable bonds is 7. The number of nitrogens with one attached hydrogen (secondary N) is 1. The van der Waals surface area contributed by atoms with Gasteiger partial charge in [0.25, 0.3) is 0 Å². The fourth-order valence-electron chi connectivity index (χ4n) is 3.70. The molecule has 4 rings (SSSR count). The van der Waals surface area contributed by atoms with E-state index in [1.54, 1.807) is 7.11 Å². The van der Waals surface area contributed by atoms with Crippen molar-refractivity contribution in [3.63, 3.8) is 0 Å². The number of fused-ring (bicyclic) bond motifs is 3. The summed E-state index contributed by atoms with van der Waals surface area (Å²) < 4.78 is 11.2. The van der Waals surface area contributed by atoms with Crippen LogP contribution in [0.4, 0.5) is 11.6 Å². The second-order valence-electron chi connectivity index (χ2n) is 7.93. The van der Waals surface area contributed by atoms with Gasteiger partial charge in [-0.25, -0.2) is 9.97 Å². The Morgan fingerprint density at radius 1 is 1.10 bits per heavy atom. The van der Waals surface area contributed by atoms with Crippen molar-refractivity contribution in [3.05, 3.63) is 59.8 Å². The van der Waals surface area contributed by atoms with E-state index >= 15 is 0 Å². The summed E-state index contributed by atoms with van der Waals surface area (Å²) in [5.74, 6) is 2.70. The average Bonchev–Trinajstić information content (AvgIpc) is 2.75. The minimum atomic E-state index is 0.431. The Labute approximate surface area is 177 Å².